The molecule has 5 nitrogen and oxygen atoms in total. The molecule has 1 aromatic rings. The topological polar surface area (TPSA) is 59.0 Å². The van der Waals surface area contributed by atoms with Gasteiger partial charge in [-0.1, -0.05) is 0 Å². The first kappa shape index (κ1) is 15.5. The maximum Gasteiger partial charge on any atom is 0.315 e. The first-order valence-electron chi connectivity index (χ1n) is 8.83. The molecule has 0 radical (unpaired) electrons. The molecule has 6 heteroatoms. The van der Waals surface area contributed by atoms with Crippen molar-refractivity contribution in [2.24, 2.45) is 17.8 Å². The zero-order valence-electron chi connectivity index (χ0n) is 13.6. The fourth-order valence-corrected chi connectivity index (χ4v) is 5.99. The Morgan fingerprint density at radius 2 is 1.91 bits per heavy atom. The Balaban J connectivity index is 1.38. The van der Waals surface area contributed by atoms with Crippen LogP contribution in [-0.2, 0) is 13.1 Å². The molecule has 0 atom stereocenters. The van der Waals surface area contributed by atoms with E-state index in [4.69, 9.17) is 0 Å². The van der Waals surface area contributed by atoms with Gasteiger partial charge in [-0.2, -0.15) is 5.10 Å². The number of hydrogen-bond donors (Lipinski definition) is 2. The van der Waals surface area contributed by atoms with Gasteiger partial charge >= 0.3 is 6.03 Å². The Hall–Kier alpha value is -1.04. The largest absolute Gasteiger partial charge is 0.333 e. The average Bonchev–Trinajstić information content (AvgIpc) is 2.83. The Labute approximate surface area is 145 Å². The van der Waals surface area contributed by atoms with Gasteiger partial charge < -0.3 is 10.6 Å². The first-order valence-corrected chi connectivity index (χ1v) is 9.62. The molecule has 0 unspecified atom stereocenters. The van der Waals surface area contributed by atoms with Crippen molar-refractivity contribution >= 4 is 22.0 Å². The highest BCUT2D eigenvalue weighted by Crippen LogP contribution is 2.55. The summed E-state index contributed by atoms with van der Waals surface area (Å²) in [5.41, 5.74) is 1.09. The van der Waals surface area contributed by atoms with Gasteiger partial charge in [-0.15, -0.1) is 0 Å². The van der Waals surface area contributed by atoms with Crippen LogP contribution in [-0.4, -0.2) is 21.4 Å². The number of halogens is 1. The molecule has 0 spiro atoms. The van der Waals surface area contributed by atoms with E-state index in [1.165, 1.54) is 38.5 Å². The van der Waals surface area contributed by atoms with Crippen molar-refractivity contribution in [2.75, 3.05) is 0 Å². The van der Waals surface area contributed by atoms with Gasteiger partial charge in [-0.25, -0.2) is 4.79 Å². The Morgan fingerprint density at radius 1 is 1.30 bits per heavy atom. The number of nitrogens with one attached hydrogen (secondary N) is 2. The van der Waals surface area contributed by atoms with E-state index in [1.807, 2.05) is 4.68 Å². The molecular formula is C17H25BrN4O. The van der Waals surface area contributed by atoms with Crippen LogP contribution >= 0.6 is 15.9 Å². The quantitative estimate of drug-likeness (QED) is 0.840. The van der Waals surface area contributed by atoms with E-state index in [9.17, 15) is 4.79 Å². The van der Waals surface area contributed by atoms with Crippen molar-refractivity contribution in [2.45, 2.75) is 64.1 Å². The fraction of sp³-hybridized carbons (Fsp3) is 0.765. The zero-order valence-corrected chi connectivity index (χ0v) is 15.2. The van der Waals surface area contributed by atoms with E-state index < -0.39 is 0 Å². The van der Waals surface area contributed by atoms with Crippen LogP contribution < -0.4 is 10.6 Å². The molecule has 0 aliphatic heterocycles. The van der Waals surface area contributed by atoms with Crippen molar-refractivity contribution in [3.63, 3.8) is 0 Å². The lowest BCUT2D eigenvalue weighted by Gasteiger charge is -2.56. The highest BCUT2D eigenvalue weighted by atomic mass is 79.9. The molecule has 2 amide bonds. The first-order chi connectivity index (χ1) is 11.1. The number of nitrogens with zero attached hydrogens (tertiary/aromatic N) is 2. The SMILES string of the molecule is CCn1ncc(Br)c1CNC(=O)NC12CC3CC(CC(C3)C1)C2. The molecule has 1 aromatic heterocycles. The van der Waals surface area contributed by atoms with Crippen LogP contribution in [0.1, 0.15) is 51.1 Å². The smallest absolute Gasteiger partial charge is 0.315 e. The van der Waals surface area contributed by atoms with Crippen LogP contribution in [0.15, 0.2) is 10.7 Å². The van der Waals surface area contributed by atoms with E-state index >= 15 is 0 Å². The van der Waals surface area contributed by atoms with E-state index in [0.717, 1.165) is 34.5 Å². The average molecular weight is 381 g/mol. The van der Waals surface area contributed by atoms with Crippen LogP contribution in [0, 0.1) is 17.8 Å². The van der Waals surface area contributed by atoms with Crippen LogP contribution in [0.25, 0.3) is 0 Å². The highest BCUT2D eigenvalue weighted by molar-refractivity contribution is 9.10. The Morgan fingerprint density at radius 3 is 2.48 bits per heavy atom. The molecule has 4 aliphatic rings. The maximum atomic E-state index is 12.5. The Bertz CT molecular complexity index is 576. The molecule has 2 N–H and O–H groups in total. The van der Waals surface area contributed by atoms with Crippen molar-refractivity contribution in [1.29, 1.82) is 0 Å². The van der Waals surface area contributed by atoms with Gasteiger partial charge in [0.1, 0.15) is 0 Å². The van der Waals surface area contributed by atoms with Gasteiger partial charge in [-0.3, -0.25) is 4.68 Å². The molecule has 23 heavy (non-hydrogen) atoms. The molecule has 0 aromatic carbocycles. The number of aromatic nitrogens is 2. The number of carbonyl (C=O) groups excluding carboxylic acids is 1. The predicted octanol–water partition coefficient (Wildman–Crippen LogP) is 3.43. The zero-order chi connectivity index (χ0) is 16.0. The molecule has 126 valence electrons. The normalized spacial score (nSPS) is 34.6. The minimum absolute atomic E-state index is 0.0253. The van der Waals surface area contributed by atoms with Crippen molar-refractivity contribution in [1.82, 2.24) is 20.4 Å². The summed E-state index contributed by atoms with van der Waals surface area (Å²) in [6.07, 6.45) is 9.52. The van der Waals surface area contributed by atoms with Gasteiger partial charge in [-0.05, 0) is 79.1 Å². The van der Waals surface area contributed by atoms with E-state index in [2.05, 4.69) is 38.6 Å². The minimum atomic E-state index is -0.0253. The van der Waals surface area contributed by atoms with Crippen LogP contribution in [0.3, 0.4) is 0 Å². The lowest BCUT2D eigenvalue weighted by molar-refractivity contribution is -0.0135. The second kappa shape index (κ2) is 5.80. The number of urea groups is 1. The van der Waals surface area contributed by atoms with Crippen molar-refractivity contribution < 1.29 is 4.79 Å². The number of aryl methyl sites for hydroxylation is 1. The summed E-state index contributed by atoms with van der Waals surface area (Å²) in [6, 6.07) is -0.0253. The molecule has 4 bridgehead atoms. The lowest BCUT2D eigenvalue weighted by atomic mass is 9.53. The third-order valence-corrected chi connectivity index (χ3v) is 6.69. The molecular weight excluding hydrogens is 356 g/mol. The van der Waals surface area contributed by atoms with Crippen molar-refractivity contribution in [3.05, 3.63) is 16.4 Å². The molecule has 4 aliphatic carbocycles. The van der Waals surface area contributed by atoms with Gasteiger partial charge in [0.2, 0.25) is 0 Å². The van der Waals surface area contributed by atoms with E-state index in [1.54, 1.807) is 6.20 Å². The summed E-state index contributed by atoms with van der Waals surface area (Å²) in [6.45, 7) is 3.37. The fourth-order valence-electron chi connectivity index (χ4n) is 5.55. The van der Waals surface area contributed by atoms with Gasteiger partial charge in [0.15, 0.2) is 0 Å². The highest BCUT2D eigenvalue weighted by Gasteiger charge is 2.51. The predicted molar refractivity (Wildman–Crippen MR) is 91.9 cm³/mol. The third-order valence-electron chi connectivity index (χ3n) is 6.03. The molecule has 5 rings (SSSR count). The van der Waals surface area contributed by atoms with Crippen molar-refractivity contribution in [3.8, 4) is 0 Å². The number of rotatable bonds is 4. The second-order valence-electron chi connectivity index (χ2n) is 7.76. The molecule has 4 fully saturated rings. The molecule has 4 saturated carbocycles. The third kappa shape index (κ3) is 2.90. The molecule has 1 heterocycles. The summed E-state index contributed by atoms with van der Waals surface area (Å²) in [5, 5.41) is 10.7. The lowest BCUT2D eigenvalue weighted by Crippen LogP contribution is -2.61. The van der Waals surface area contributed by atoms with Crippen LogP contribution in [0.2, 0.25) is 0 Å². The summed E-state index contributed by atoms with van der Waals surface area (Å²) in [7, 11) is 0. The standard InChI is InChI=1S/C17H25BrN4O/c1-2-22-15(14(18)9-20-22)10-19-16(23)21-17-6-11-3-12(7-17)5-13(4-11)8-17/h9,11-13H,2-8,10H2,1H3,(H2,19,21,23). The monoisotopic (exact) mass is 380 g/mol. The van der Waals surface area contributed by atoms with Gasteiger partial charge in [0.25, 0.3) is 0 Å². The summed E-state index contributed by atoms with van der Waals surface area (Å²) >= 11 is 3.51. The number of amides is 2. The Kier molecular flexibility index (Phi) is 3.90. The summed E-state index contributed by atoms with van der Waals surface area (Å²) < 4.78 is 2.86. The number of carbonyl (C=O) groups is 1. The molecule has 0 saturated heterocycles. The maximum absolute atomic E-state index is 12.5. The number of hydrogen-bond acceptors (Lipinski definition) is 2. The van der Waals surface area contributed by atoms with Gasteiger partial charge in [0.05, 0.1) is 22.9 Å². The summed E-state index contributed by atoms with van der Waals surface area (Å²) in [4.78, 5) is 12.5. The second-order valence-corrected chi connectivity index (χ2v) is 8.61. The van der Waals surface area contributed by atoms with Crippen LogP contribution in [0.4, 0.5) is 4.79 Å². The van der Waals surface area contributed by atoms with Crippen LogP contribution in [0.5, 0.6) is 0 Å². The minimum Gasteiger partial charge on any atom is -0.333 e. The van der Waals surface area contributed by atoms with E-state index in [-0.39, 0.29) is 11.6 Å². The summed E-state index contributed by atoms with van der Waals surface area (Å²) in [5.74, 6) is 2.53. The van der Waals surface area contributed by atoms with E-state index in [0.29, 0.717) is 6.54 Å². The van der Waals surface area contributed by atoms with Gasteiger partial charge in [0, 0.05) is 12.1 Å².